The number of para-hydroxylation sites is 1. The topological polar surface area (TPSA) is 41.4 Å². The zero-order chi connectivity index (χ0) is 20.2. The number of nitrogens with zero attached hydrogens (tertiary/aromatic N) is 4. The Labute approximate surface area is 174 Å². The highest BCUT2D eigenvalue weighted by molar-refractivity contribution is 7.98. The van der Waals surface area contributed by atoms with Gasteiger partial charge >= 0.3 is 0 Å². The van der Waals surface area contributed by atoms with Gasteiger partial charge in [-0.1, -0.05) is 36.0 Å². The number of imidazole rings is 1. The first-order valence-electron chi connectivity index (χ1n) is 9.59. The second-order valence-electron chi connectivity index (χ2n) is 7.04. The number of benzene rings is 2. The first-order valence-corrected chi connectivity index (χ1v) is 10.6. The van der Waals surface area contributed by atoms with Crippen molar-refractivity contribution >= 4 is 23.4 Å². The van der Waals surface area contributed by atoms with Crippen LogP contribution in [0.1, 0.15) is 15.9 Å². The highest BCUT2D eigenvalue weighted by Gasteiger charge is 2.23. The standard InChI is InChI=1S/C22H23FN4OS/c1-25-10-9-24-22(25)29-16-17-5-4-6-18(15-17)21(28)27-13-11-26(12-14-27)20-8-3-2-7-19(20)23/h2-10,15H,11-14,16H2,1H3. The number of amides is 1. The maximum Gasteiger partial charge on any atom is 0.253 e. The molecule has 1 aromatic heterocycles. The second-order valence-corrected chi connectivity index (χ2v) is 7.98. The van der Waals surface area contributed by atoms with Crippen molar-refractivity contribution in [1.29, 1.82) is 0 Å². The summed E-state index contributed by atoms with van der Waals surface area (Å²) in [5, 5.41) is 0.950. The lowest BCUT2D eigenvalue weighted by molar-refractivity contribution is 0.0746. The average molecular weight is 411 g/mol. The van der Waals surface area contributed by atoms with E-state index in [0.29, 0.717) is 37.4 Å². The molecule has 0 N–H and O–H groups in total. The molecule has 0 unspecified atom stereocenters. The Bertz CT molecular complexity index is 998. The fourth-order valence-corrected chi connectivity index (χ4v) is 4.35. The highest BCUT2D eigenvalue weighted by atomic mass is 32.2. The van der Waals surface area contributed by atoms with E-state index in [4.69, 9.17) is 0 Å². The van der Waals surface area contributed by atoms with Gasteiger partial charge < -0.3 is 14.4 Å². The molecule has 4 rings (SSSR count). The van der Waals surface area contributed by atoms with Crippen molar-refractivity contribution in [2.24, 2.45) is 7.05 Å². The zero-order valence-corrected chi connectivity index (χ0v) is 17.1. The van der Waals surface area contributed by atoms with Crippen LogP contribution in [0.15, 0.2) is 66.1 Å². The number of aromatic nitrogens is 2. The van der Waals surface area contributed by atoms with Gasteiger partial charge in [0.25, 0.3) is 5.91 Å². The van der Waals surface area contributed by atoms with E-state index in [2.05, 4.69) is 4.98 Å². The Hall–Kier alpha value is -2.80. The maximum absolute atomic E-state index is 14.0. The molecular weight excluding hydrogens is 387 g/mol. The van der Waals surface area contributed by atoms with Crippen LogP contribution in [0, 0.1) is 5.82 Å². The summed E-state index contributed by atoms with van der Waals surface area (Å²) in [7, 11) is 1.97. The molecule has 5 nitrogen and oxygen atoms in total. The minimum atomic E-state index is -0.217. The molecule has 0 spiro atoms. The van der Waals surface area contributed by atoms with E-state index in [1.165, 1.54) is 6.07 Å². The number of halogens is 1. The summed E-state index contributed by atoms with van der Waals surface area (Å²) in [6.45, 7) is 2.42. The van der Waals surface area contributed by atoms with E-state index in [1.54, 1.807) is 30.1 Å². The third-order valence-corrected chi connectivity index (χ3v) is 6.21. The minimum absolute atomic E-state index is 0.0297. The van der Waals surface area contributed by atoms with Crippen LogP contribution in [0.25, 0.3) is 0 Å². The van der Waals surface area contributed by atoms with Crippen molar-refractivity contribution in [1.82, 2.24) is 14.5 Å². The van der Waals surface area contributed by atoms with Crippen molar-refractivity contribution in [3.05, 3.63) is 77.9 Å². The second kappa shape index (κ2) is 8.69. The number of piperazine rings is 1. The third-order valence-electron chi connectivity index (χ3n) is 5.08. The molecule has 0 radical (unpaired) electrons. The molecule has 1 amide bonds. The van der Waals surface area contributed by atoms with E-state index in [1.807, 2.05) is 57.9 Å². The van der Waals surface area contributed by atoms with E-state index >= 15 is 0 Å². The Kier molecular flexibility index (Phi) is 5.85. The molecular formula is C22H23FN4OS. The van der Waals surface area contributed by atoms with Gasteiger partial charge in [-0.15, -0.1) is 0 Å². The first kappa shape index (κ1) is 19.5. The molecule has 7 heteroatoms. The van der Waals surface area contributed by atoms with E-state index < -0.39 is 0 Å². The summed E-state index contributed by atoms with van der Waals surface area (Å²) in [4.78, 5) is 21.1. The third kappa shape index (κ3) is 4.45. The van der Waals surface area contributed by atoms with Crippen LogP contribution < -0.4 is 4.90 Å². The lowest BCUT2D eigenvalue weighted by Gasteiger charge is -2.36. The summed E-state index contributed by atoms with van der Waals surface area (Å²) in [6, 6.07) is 14.6. The van der Waals surface area contributed by atoms with Crippen LogP contribution >= 0.6 is 11.8 Å². The largest absolute Gasteiger partial charge is 0.366 e. The van der Waals surface area contributed by atoms with Gasteiger partial charge in [-0.05, 0) is 29.8 Å². The smallest absolute Gasteiger partial charge is 0.253 e. The average Bonchev–Trinajstić information content (AvgIpc) is 3.17. The molecule has 1 aliphatic heterocycles. The van der Waals surface area contributed by atoms with Gasteiger partial charge in [-0.2, -0.15) is 0 Å². The zero-order valence-electron chi connectivity index (χ0n) is 16.3. The number of thioether (sulfide) groups is 1. The summed E-state index contributed by atoms with van der Waals surface area (Å²) in [5.41, 5.74) is 2.39. The minimum Gasteiger partial charge on any atom is -0.366 e. The lowest BCUT2D eigenvalue weighted by atomic mass is 10.1. The van der Waals surface area contributed by atoms with E-state index in [0.717, 1.165) is 16.5 Å². The van der Waals surface area contributed by atoms with Crippen LogP contribution in [-0.2, 0) is 12.8 Å². The van der Waals surface area contributed by atoms with Gasteiger partial charge in [0.15, 0.2) is 5.16 Å². The molecule has 0 atom stereocenters. The number of hydrogen-bond acceptors (Lipinski definition) is 4. The van der Waals surface area contributed by atoms with Gasteiger partial charge in [-0.25, -0.2) is 9.37 Å². The quantitative estimate of drug-likeness (QED) is 0.600. The number of rotatable bonds is 5. The summed E-state index contributed by atoms with van der Waals surface area (Å²) < 4.78 is 16.0. The van der Waals surface area contributed by atoms with Crippen LogP contribution in [0.4, 0.5) is 10.1 Å². The maximum atomic E-state index is 14.0. The lowest BCUT2D eigenvalue weighted by Crippen LogP contribution is -2.49. The fourth-order valence-electron chi connectivity index (χ4n) is 3.47. The molecule has 1 saturated heterocycles. The van der Waals surface area contributed by atoms with Crippen LogP contribution in [0.2, 0.25) is 0 Å². The van der Waals surface area contributed by atoms with Crippen LogP contribution in [-0.4, -0.2) is 46.5 Å². The molecule has 3 aromatic rings. The van der Waals surface area contributed by atoms with Gasteiger partial charge in [-0.3, -0.25) is 4.79 Å². The molecule has 1 fully saturated rings. The number of carbonyl (C=O) groups is 1. The van der Waals surface area contributed by atoms with Crippen LogP contribution in [0.5, 0.6) is 0 Å². The number of anilines is 1. The van der Waals surface area contributed by atoms with Crippen molar-refractivity contribution in [2.45, 2.75) is 10.9 Å². The molecule has 2 heterocycles. The van der Waals surface area contributed by atoms with Crippen molar-refractivity contribution in [3.8, 4) is 0 Å². The number of carbonyl (C=O) groups excluding carboxylic acids is 1. The SMILES string of the molecule is Cn1ccnc1SCc1cccc(C(=O)N2CCN(c3ccccc3F)CC2)c1. The van der Waals surface area contributed by atoms with Crippen LogP contribution in [0.3, 0.4) is 0 Å². The molecule has 2 aromatic carbocycles. The Morgan fingerprint density at radius 1 is 1.10 bits per heavy atom. The summed E-state index contributed by atoms with van der Waals surface area (Å²) in [6.07, 6.45) is 3.70. The number of aryl methyl sites for hydroxylation is 1. The Morgan fingerprint density at radius 2 is 1.90 bits per heavy atom. The van der Waals surface area contributed by atoms with Crippen molar-refractivity contribution < 1.29 is 9.18 Å². The molecule has 150 valence electrons. The molecule has 0 saturated carbocycles. The molecule has 1 aliphatic rings. The van der Waals surface area contributed by atoms with Crippen molar-refractivity contribution in [2.75, 3.05) is 31.1 Å². The normalized spacial score (nSPS) is 14.3. The fraction of sp³-hybridized carbons (Fsp3) is 0.273. The van der Waals surface area contributed by atoms with Gasteiger partial charge in [0.1, 0.15) is 5.82 Å². The van der Waals surface area contributed by atoms with E-state index in [9.17, 15) is 9.18 Å². The predicted octanol–water partition coefficient (Wildman–Crippen LogP) is 3.81. The van der Waals surface area contributed by atoms with Crippen molar-refractivity contribution in [3.63, 3.8) is 0 Å². The Balaban J connectivity index is 1.37. The summed E-state index contributed by atoms with van der Waals surface area (Å²) in [5.74, 6) is 0.569. The predicted molar refractivity (Wildman–Crippen MR) is 114 cm³/mol. The molecule has 0 aliphatic carbocycles. The number of hydrogen-bond donors (Lipinski definition) is 0. The van der Waals surface area contributed by atoms with Gasteiger partial charge in [0.2, 0.25) is 0 Å². The van der Waals surface area contributed by atoms with Gasteiger partial charge in [0, 0.05) is 56.9 Å². The molecule has 0 bridgehead atoms. The first-order chi connectivity index (χ1) is 14.1. The molecule has 29 heavy (non-hydrogen) atoms. The van der Waals surface area contributed by atoms with E-state index in [-0.39, 0.29) is 11.7 Å². The monoisotopic (exact) mass is 410 g/mol. The summed E-state index contributed by atoms with van der Waals surface area (Å²) >= 11 is 1.65. The highest BCUT2D eigenvalue weighted by Crippen LogP contribution is 2.23. The van der Waals surface area contributed by atoms with Gasteiger partial charge in [0.05, 0.1) is 5.69 Å². The Morgan fingerprint density at radius 3 is 2.62 bits per heavy atom.